The summed E-state index contributed by atoms with van der Waals surface area (Å²) in [6, 6.07) is 4.56. The minimum atomic E-state index is -0.548. The van der Waals surface area contributed by atoms with Gasteiger partial charge in [-0.3, -0.25) is 0 Å². The molecule has 94 valence electrons. The second-order valence-corrected chi connectivity index (χ2v) is 3.78. The van der Waals surface area contributed by atoms with E-state index in [-0.39, 0.29) is 18.4 Å². The molecule has 0 aliphatic heterocycles. The SMILES string of the molecule is COC(=O)NCc1ccc(OC(C)C)c(F)c1. The average Bonchev–Trinajstić information content (AvgIpc) is 2.28. The number of nitrogens with one attached hydrogen (secondary N) is 1. The Hall–Kier alpha value is -1.78. The molecule has 0 bridgehead atoms. The predicted molar refractivity (Wildman–Crippen MR) is 61.4 cm³/mol. The summed E-state index contributed by atoms with van der Waals surface area (Å²) >= 11 is 0. The molecule has 1 amide bonds. The summed E-state index contributed by atoms with van der Waals surface area (Å²) in [7, 11) is 1.27. The van der Waals surface area contributed by atoms with Gasteiger partial charge in [0.05, 0.1) is 13.2 Å². The van der Waals surface area contributed by atoms with E-state index >= 15 is 0 Å². The molecule has 0 aliphatic rings. The summed E-state index contributed by atoms with van der Waals surface area (Å²) in [5, 5.41) is 2.47. The maximum absolute atomic E-state index is 13.5. The van der Waals surface area contributed by atoms with Crippen LogP contribution in [-0.4, -0.2) is 19.3 Å². The average molecular weight is 241 g/mol. The number of amides is 1. The Bertz CT molecular complexity index is 393. The minimum Gasteiger partial charge on any atom is -0.488 e. The molecular weight excluding hydrogens is 225 g/mol. The number of alkyl carbamates (subject to hydrolysis) is 1. The van der Waals surface area contributed by atoms with Crippen LogP contribution in [-0.2, 0) is 11.3 Å². The van der Waals surface area contributed by atoms with E-state index in [4.69, 9.17) is 4.74 Å². The van der Waals surface area contributed by atoms with Crippen LogP contribution in [0.1, 0.15) is 19.4 Å². The van der Waals surface area contributed by atoms with E-state index < -0.39 is 11.9 Å². The molecule has 17 heavy (non-hydrogen) atoms. The summed E-state index contributed by atoms with van der Waals surface area (Å²) in [6.45, 7) is 3.86. The van der Waals surface area contributed by atoms with Gasteiger partial charge in [-0.15, -0.1) is 0 Å². The second-order valence-electron chi connectivity index (χ2n) is 3.78. The molecule has 0 unspecified atom stereocenters. The van der Waals surface area contributed by atoms with Crippen LogP contribution in [0.3, 0.4) is 0 Å². The third-order valence-corrected chi connectivity index (χ3v) is 1.98. The standard InChI is InChI=1S/C12H16FNO3/c1-8(2)17-11-5-4-9(6-10(11)13)7-14-12(15)16-3/h4-6,8H,7H2,1-3H3,(H,14,15). The molecule has 0 heterocycles. The molecule has 0 spiro atoms. The van der Waals surface area contributed by atoms with Gasteiger partial charge in [-0.1, -0.05) is 6.07 Å². The van der Waals surface area contributed by atoms with Crippen LogP contribution in [0.25, 0.3) is 0 Å². The van der Waals surface area contributed by atoms with E-state index in [0.717, 1.165) is 0 Å². The zero-order valence-electron chi connectivity index (χ0n) is 10.1. The number of rotatable bonds is 4. The van der Waals surface area contributed by atoms with Crippen molar-refractivity contribution in [3.05, 3.63) is 29.6 Å². The fourth-order valence-electron chi connectivity index (χ4n) is 1.25. The lowest BCUT2D eigenvalue weighted by Gasteiger charge is -2.11. The van der Waals surface area contributed by atoms with Crippen molar-refractivity contribution < 1.29 is 18.7 Å². The Morgan fingerprint density at radius 1 is 1.47 bits per heavy atom. The molecule has 1 N–H and O–H groups in total. The van der Waals surface area contributed by atoms with Crippen molar-refractivity contribution in [1.82, 2.24) is 5.32 Å². The van der Waals surface area contributed by atoms with E-state index in [2.05, 4.69) is 10.1 Å². The number of hydrogen-bond acceptors (Lipinski definition) is 3. The summed E-state index contributed by atoms with van der Waals surface area (Å²) in [5.41, 5.74) is 0.643. The molecule has 4 nitrogen and oxygen atoms in total. The van der Waals surface area contributed by atoms with Crippen LogP contribution in [0, 0.1) is 5.82 Å². The van der Waals surface area contributed by atoms with Gasteiger partial charge >= 0.3 is 6.09 Å². The summed E-state index contributed by atoms with van der Waals surface area (Å²) in [4.78, 5) is 10.8. The first kappa shape index (κ1) is 13.3. The highest BCUT2D eigenvalue weighted by Gasteiger charge is 2.07. The van der Waals surface area contributed by atoms with Gasteiger partial charge < -0.3 is 14.8 Å². The van der Waals surface area contributed by atoms with Crippen LogP contribution in [0.4, 0.5) is 9.18 Å². The van der Waals surface area contributed by atoms with Gasteiger partial charge in [-0.05, 0) is 31.5 Å². The first-order valence-corrected chi connectivity index (χ1v) is 5.30. The third-order valence-electron chi connectivity index (χ3n) is 1.98. The van der Waals surface area contributed by atoms with Gasteiger partial charge in [0.25, 0.3) is 0 Å². The van der Waals surface area contributed by atoms with Crippen LogP contribution in [0.5, 0.6) is 5.75 Å². The Morgan fingerprint density at radius 3 is 2.71 bits per heavy atom. The zero-order valence-corrected chi connectivity index (χ0v) is 10.1. The highest BCUT2D eigenvalue weighted by Crippen LogP contribution is 2.19. The first-order chi connectivity index (χ1) is 8.02. The van der Waals surface area contributed by atoms with E-state index in [1.807, 2.05) is 13.8 Å². The highest BCUT2D eigenvalue weighted by atomic mass is 19.1. The van der Waals surface area contributed by atoms with E-state index in [1.54, 1.807) is 12.1 Å². The van der Waals surface area contributed by atoms with Crippen LogP contribution in [0.15, 0.2) is 18.2 Å². The summed E-state index contributed by atoms with van der Waals surface area (Å²) in [5.74, 6) is -0.232. The molecule has 0 saturated carbocycles. The van der Waals surface area contributed by atoms with Crippen molar-refractivity contribution in [2.75, 3.05) is 7.11 Å². The smallest absolute Gasteiger partial charge is 0.407 e. The quantitative estimate of drug-likeness (QED) is 0.880. The molecule has 0 radical (unpaired) electrons. The van der Waals surface area contributed by atoms with Crippen molar-refractivity contribution >= 4 is 6.09 Å². The summed E-state index contributed by atoms with van der Waals surface area (Å²) in [6.07, 6.45) is -0.628. The number of ether oxygens (including phenoxy) is 2. The normalized spacial score (nSPS) is 10.2. The molecule has 0 atom stereocenters. The minimum absolute atomic E-state index is 0.0801. The monoisotopic (exact) mass is 241 g/mol. The fourth-order valence-corrected chi connectivity index (χ4v) is 1.25. The van der Waals surface area contributed by atoms with E-state index in [0.29, 0.717) is 5.56 Å². The molecule has 0 aliphatic carbocycles. The van der Waals surface area contributed by atoms with Crippen LogP contribution in [0.2, 0.25) is 0 Å². The Kier molecular flexibility index (Phi) is 4.75. The Balaban J connectivity index is 2.65. The van der Waals surface area contributed by atoms with Crippen molar-refractivity contribution in [2.24, 2.45) is 0 Å². The maximum Gasteiger partial charge on any atom is 0.407 e. The topological polar surface area (TPSA) is 47.6 Å². The van der Waals surface area contributed by atoms with Gasteiger partial charge in [-0.25, -0.2) is 9.18 Å². The van der Waals surface area contributed by atoms with Crippen LogP contribution < -0.4 is 10.1 Å². The molecule has 1 rings (SSSR count). The molecule has 5 heteroatoms. The highest BCUT2D eigenvalue weighted by molar-refractivity contribution is 5.66. The largest absolute Gasteiger partial charge is 0.488 e. The van der Waals surface area contributed by atoms with Crippen molar-refractivity contribution in [3.63, 3.8) is 0 Å². The molecular formula is C12H16FNO3. The van der Waals surface area contributed by atoms with Gasteiger partial charge in [0.15, 0.2) is 11.6 Å². The number of carbonyl (C=O) groups is 1. The van der Waals surface area contributed by atoms with Gasteiger partial charge in [0, 0.05) is 6.54 Å². The lowest BCUT2D eigenvalue weighted by molar-refractivity contribution is 0.170. The summed E-state index contributed by atoms with van der Waals surface area (Å²) < 4.78 is 23.2. The Morgan fingerprint density at radius 2 is 2.18 bits per heavy atom. The molecule has 0 saturated heterocycles. The van der Waals surface area contributed by atoms with Crippen molar-refractivity contribution in [3.8, 4) is 5.75 Å². The molecule has 0 fully saturated rings. The molecule has 1 aromatic rings. The molecule has 0 aromatic heterocycles. The fraction of sp³-hybridized carbons (Fsp3) is 0.417. The lowest BCUT2D eigenvalue weighted by atomic mass is 10.2. The maximum atomic E-state index is 13.5. The number of halogens is 1. The Labute approximate surface area is 99.7 Å². The lowest BCUT2D eigenvalue weighted by Crippen LogP contribution is -2.22. The van der Waals surface area contributed by atoms with Gasteiger partial charge in [0.2, 0.25) is 0 Å². The van der Waals surface area contributed by atoms with Gasteiger partial charge in [-0.2, -0.15) is 0 Å². The second kappa shape index (κ2) is 6.08. The van der Waals surface area contributed by atoms with E-state index in [9.17, 15) is 9.18 Å². The number of benzene rings is 1. The van der Waals surface area contributed by atoms with Crippen LogP contribution >= 0.6 is 0 Å². The van der Waals surface area contributed by atoms with Gasteiger partial charge in [0.1, 0.15) is 0 Å². The predicted octanol–water partition coefficient (Wildman–Crippen LogP) is 2.47. The number of carbonyl (C=O) groups excluding carboxylic acids is 1. The first-order valence-electron chi connectivity index (χ1n) is 5.30. The van der Waals surface area contributed by atoms with Crippen molar-refractivity contribution in [1.29, 1.82) is 0 Å². The van der Waals surface area contributed by atoms with Crippen molar-refractivity contribution in [2.45, 2.75) is 26.5 Å². The molecule has 1 aromatic carbocycles. The third kappa shape index (κ3) is 4.30. The zero-order chi connectivity index (χ0) is 12.8. The van der Waals surface area contributed by atoms with E-state index in [1.165, 1.54) is 13.2 Å². The number of hydrogen-bond donors (Lipinski definition) is 1. The number of methoxy groups -OCH3 is 1.